The summed E-state index contributed by atoms with van der Waals surface area (Å²) >= 11 is 8.95. The fourth-order valence-corrected chi connectivity index (χ4v) is 1.76. The molecule has 0 spiro atoms. The number of hydrogen-bond donors (Lipinski definition) is 1. The maximum atomic E-state index is 11.5. The first-order valence-electron chi connectivity index (χ1n) is 4.20. The Balaban J connectivity index is 3.27. The Hall–Kier alpha value is -0.580. The number of benzene rings is 1. The molecule has 1 aromatic rings. The molecular formula is C10H10BrClO3. The predicted octanol–water partition coefficient (Wildman–Crippen LogP) is 2.42. The molecule has 1 rings (SSSR count). The number of aliphatic hydroxyl groups is 1. The number of halogens is 2. The highest BCUT2D eigenvalue weighted by molar-refractivity contribution is 9.09. The van der Waals surface area contributed by atoms with Gasteiger partial charge in [-0.15, -0.1) is 0 Å². The van der Waals surface area contributed by atoms with Crippen LogP contribution >= 0.6 is 27.5 Å². The number of ketones is 1. The first-order chi connectivity index (χ1) is 7.13. The Kier molecular flexibility index (Phi) is 4.57. The minimum Gasteiger partial charge on any atom is -0.495 e. The highest BCUT2D eigenvalue weighted by Crippen LogP contribution is 2.28. The molecule has 1 N–H and O–H groups in total. The van der Waals surface area contributed by atoms with Gasteiger partial charge in [-0.1, -0.05) is 27.5 Å². The average molecular weight is 294 g/mol. The second-order valence-corrected chi connectivity index (χ2v) is 3.83. The molecule has 3 nitrogen and oxygen atoms in total. The number of hydrogen-bond acceptors (Lipinski definition) is 3. The predicted molar refractivity (Wildman–Crippen MR) is 62.1 cm³/mol. The number of carbonyl (C=O) groups excluding carboxylic acids is 1. The van der Waals surface area contributed by atoms with Crippen molar-refractivity contribution in [3.63, 3.8) is 0 Å². The van der Waals surface area contributed by atoms with Crippen molar-refractivity contribution in [1.29, 1.82) is 0 Å². The van der Waals surface area contributed by atoms with Gasteiger partial charge in [-0.2, -0.15) is 0 Å². The lowest BCUT2D eigenvalue weighted by Crippen LogP contribution is -2.05. The molecule has 0 amide bonds. The van der Waals surface area contributed by atoms with Crippen LogP contribution in [0, 0.1) is 0 Å². The lowest BCUT2D eigenvalue weighted by Gasteiger charge is -2.09. The van der Waals surface area contributed by atoms with Crippen LogP contribution in [0.1, 0.15) is 15.9 Å². The van der Waals surface area contributed by atoms with Gasteiger partial charge in [-0.3, -0.25) is 4.79 Å². The molecule has 82 valence electrons. The fourth-order valence-electron chi connectivity index (χ4n) is 1.21. The van der Waals surface area contributed by atoms with Gasteiger partial charge in [0, 0.05) is 5.56 Å². The van der Waals surface area contributed by atoms with Crippen LogP contribution in [0.2, 0.25) is 5.02 Å². The first kappa shape index (κ1) is 12.5. The van der Waals surface area contributed by atoms with E-state index in [1.165, 1.54) is 13.2 Å². The number of ether oxygens (including phenoxy) is 1. The van der Waals surface area contributed by atoms with Crippen molar-refractivity contribution in [2.45, 2.75) is 6.61 Å². The fraction of sp³-hybridized carbons (Fsp3) is 0.300. The van der Waals surface area contributed by atoms with E-state index in [1.54, 1.807) is 6.07 Å². The molecule has 0 bridgehead atoms. The number of carbonyl (C=O) groups is 1. The zero-order valence-electron chi connectivity index (χ0n) is 8.09. The van der Waals surface area contributed by atoms with Gasteiger partial charge in [-0.25, -0.2) is 0 Å². The molecule has 0 saturated heterocycles. The Bertz CT molecular complexity index is 379. The minimum absolute atomic E-state index is 0.122. The zero-order valence-corrected chi connectivity index (χ0v) is 10.4. The molecule has 0 saturated carbocycles. The van der Waals surface area contributed by atoms with Crippen molar-refractivity contribution in [3.05, 3.63) is 28.3 Å². The van der Waals surface area contributed by atoms with Crippen molar-refractivity contribution in [2.75, 3.05) is 12.4 Å². The third kappa shape index (κ3) is 2.71. The number of alkyl halides is 1. The number of methoxy groups -OCH3 is 1. The van der Waals surface area contributed by atoms with Crippen LogP contribution in [-0.4, -0.2) is 23.3 Å². The molecular weight excluding hydrogens is 283 g/mol. The van der Waals surface area contributed by atoms with E-state index >= 15 is 0 Å². The molecule has 0 radical (unpaired) electrons. The van der Waals surface area contributed by atoms with Gasteiger partial charge in [0.05, 0.1) is 24.1 Å². The second kappa shape index (κ2) is 5.49. The second-order valence-electron chi connectivity index (χ2n) is 2.86. The Labute approximate surface area is 101 Å². The van der Waals surface area contributed by atoms with Crippen LogP contribution < -0.4 is 4.74 Å². The van der Waals surface area contributed by atoms with Crippen LogP contribution in [0.3, 0.4) is 0 Å². The van der Waals surface area contributed by atoms with Gasteiger partial charge in [0.25, 0.3) is 0 Å². The minimum atomic E-state index is -0.221. The third-order valence-corrected chi connectivity index (χ3v) is 2.77. The van der Waals surface area contributed by atoms with Gasteiger partial charge < -0.3 is 9.84 Å². The van der Waals surface area contributed by atoms with E-state index in [9.17, 15) is 4.79 Å². The van der Waals surface area contributed by atoms with Crippen molar-refractivity contribution < 1.29 is 14.6 Å². The summed E-state index contributed by atoms with van der Waals surface area (Å²) in [4.78, 5) is 11.5. The van der Waals surface area contributed by atoms with E-state index in [1.807, 2.05) is 0 Å². The summed E-state index contributed by atoms with van der Waals surface area (Å²) in [5.41, 5.74) is 0.931. The summed E-state index contributed by atoms with van der Waals surface area (Å²) in [6.07, 6.45) is 0. The first-order valence-corrected chi connectivity index (χ1v) is 5.70. The highest BCUT2D eigenvalue weighted by atomic mass is 79.9. The van der Waals surface area contributed by atoms with Crippen LogP contribution in [0.15, 0.2) is 12.1 Å². The molecule has 0 aliphatic carbocycles. The largest absolute Gasteiger partial charge is 0.495 e. The number of rotatable bonds is 4. The molecule has 0 heterocycles. The summed E-state index contributed by atoms with van der Waals surface area (Å²) in [5.74, 6) is 0.329. The van der Waals surface area contributed by atoms with Crippen molar-refractivity contribution in [3.8, 4) is 5.75 Å². The molecule has 1 aromatic carbocycles. The SMILES string of the molecule is COc1cc(CO)c(C(=O)CBr)cc1Cl. The maximum absolute atomic E-state index is 11.5. The van der Waals surface area contributed by atoms with Crippen molar-refractivity contribution >= 4 is 33.3 Å². The number of aliphatic hydroxyl groups excluding tert-OH is 1. The van der Waals surface area contributed by atoms with E-state index in [-0.39, 0.29) is 17.7 Å². The van der Waals surface area contributed by atoms with Gasteiger partial charge >= 0.3 is 0 Å². The van der Waals surface area contributed by atoms with Crippen LogP contribution in [0.25, 0.3) is 0 Å². The van der Waals surface area contributed by atoms with E-state index < -0.39 is 0 Å². The van der Waals surface area contributed by atoms with Crippen LogP contribution in [0.4, 0.5) is 0 Å². The number of Topliss-reactive ketones (excluding diaryl/α,β-unsaturated/α-hetero) is 1. The van der Waals surface area contributed by atoms with Gasteiger partial charge in [-0.05, 0) is 17.7 Å². The third-order valence-electron chi connectivity index (χ3n) is 1.97. The van der Waals surface area contributed by atoms with Crippen molar-refractivity contribution in [2.24, 2.45) is 0 Å². The van der Waals surface area contributed by atoms with Crippen LogP contribution in [0.5, 0.6) is 5.75 Å². The maximum Gasteiger partial charge on any atom is 0.173 e. The van der Waals surface area contributed by atoms with E-state index in [2.05, 4.69) is 15.9 Å². The van der Waals surface area contributed by atoms with E-state index in [0.29, 0.717) is 21.9 Å². The molecule has 15 heavy (non-hydrogen) atoms. The molecule has 0 aromatic heterocycles. The molecule has 0 aliphatic heterocycles. The molecule has 0 unspecified atom stereocenters. The molecule has 0 fully saturated rings. The normalized spacial score (nSPS) is 10.1. The van der Waals surface area contributed by atoms with E-state index in [4.69, 9.17) is 21.4 Å². The summed E-state index contributed by atoms with van der Waals surface area (Å²) < 4.78 is 4.99. The van der Waals surface area contributed by atoms with Crippen LogP contribution in [-0.2, 0) is 6.61 Å². The molecule has 5 heteroatoms. The Morgan fingerprint density at radius 2 is 2.27 bits per heavy atom. The average Bonchev–Trinajstić information content (AvgIpc) is 2.27. The standard InChI is InChI=1S/C10H10BrClO3/c1-15-10-2-6(5-13)7(3-8(10)12)9(14)4-11/h2-3,13H,4-5H2,1H3. The lowest BCUT2D eigenvalue weighted by atomic mass is 10.0. The Morgan fingerprint density at radius 1 is 1.60 bits per heavy atom. The van der Waals surface area contributed by atoms with Gasteiger partial charge in [0.15, 0.2) is 5.78 Å². The lowest BCUT2D eigenvalue weighted by molar-refractivity contribution is 0.102. The molecule has 0 aliphatic rings. The van der Waals surface area contributed by atoms with Gasteiger partial charge in [0.1, 0.15) is 5.75 Å². The summed E-state index contributed by atoms with van der Waals surface area (Å²) in [7, 11) is 1.48. The summed E-state index contributed by atoms with van der Waals surface area (Å²) in [5, 5.41) is 9.66. The quantitative estimate of drug-likeness (QED) is 0.685. The Morgan fingerprint density at radius 3 is 2.73 bits per heavy atom. The molecule has 0 atom stereocenters. The van der Waals surface area contributed by atoms with Gasteiger partial charge in [0.2, 0.25) is 0 Å². The monoisotopic (exact) mass is 292 g/mol. The summed E-state index contributed by atoms with van der Waals surface area (Å²) in [6.45, 7) is -0.221. The van der Waals surface area contributed by atoms with Crippen molar-refractivity contribution in [1.82, 2.24) is 0 Å². The highest BCUT2D eigenvalue weighted by Gasteiger charge is 2.13. The smallest absolute Gasteiger partial charge is 0.173 e. The zero-order chi connectivity index (χ0) is 11.4. The topological polar surface area (TPSA) is 46.5 Å². The van der Waals surface area contributed by atoms with E-state index in [0.717, 1.165) is 0 Å². The summed E-state index contributed by atoms with van der Waals surface area (Å²) in [6, 6.07) is 3.08.